The number of halogens is 1. The molecule has 1 N–H and O–H groups in total. The van der Waals surface area contributed by atoms with Crippen molar-refractivity contribution in [1.82, 2.24) is 9.62 Å². The highest BCUT2D eigenvalue weighted by atomic mass is 79.9. The smallest absolute Gasteiger partial charge is 0.240 e. The molecule has 0 amide bonds. The van der Waals surface area contributed by atoms with Crippen LogP contribution in [0, 0.1) is 19.8 Å². The molecule has 2 aromatic rings. The fraction of sp³-hybridized carbons (Fsp3) is 0.478. The van der Waals surface area contributed by atoms with Crippen LogP contribution in [0.1, 0.15) is 36.5 Å². The first kappa shape index (κ1) is 23.3. The van der Waals surface area contributed by atoms with E-state index in [-0.39, 0.29) is 0 Å². The molecule has 0 spiro atoms. The lowest BCUT2D eigenvalue weighted by atomic mass is 9.97. The number of aryl methyl sites for hydroxylation is 2. The second-order valence-electron chi connectivity index (χ2n) is 7.98. The fourth-order valence-electron chi connectivity index (χ4n) is 3.96. The van der Waals surface area contributed by atoms with Gasteiger partial charge in [-0.25, -0.2) is 13.1 Å². The number of likely N-dealkylation sites (tertiary alicyclic amines) is 1. The third-order valence-electron chi connectivity index (χ3n) is 5.65. The van der Waals surface area contributed by atoms with Crippen molar-refractivity contribution in [3.8, 4) is 5.75 Å². The summed E-state index contributed by atoms with van der Waals surface area (Å²) in [5.74, 6) is 1.13. The topological polar surface area (TPSA) is 58.6 Å². The third kappa shape index (κ3) is 5.84. The van der Waals surface area contributed by atoms with E-state index in [1.165, 1.54) is 5.56 Å². The summed E-state index contributed by atoms with van der Waals surface area (Å²) in [7, 11) is -3.53. The van der Waals surface area contributed by atoms with Gasteiger partial charge in [-0.1, -0.05) is 34.1 Å². The van der Waals surface area contributed by atoms with E-state index in [4.69, 9.17) is 4.74 Å². The minimum Gasteiger partial charge on any atom is -0.493 e. The van der Waals surface area contributed by atoms with Gasteiger partial charge < -0.3 is 4.74 Å². The minimum atomic E-state index is -3.53. The second-order valence-corrected chi connectivity index (χ2v) is 10.6. The molecule has 1 aliphatic heterocycles. The number of benzene rings is 2. The standard InChI is InChI=1S/C23H31BrN2O3S/c1-4-29-23-17(2)13-21(14-18(23)3)30(27,28)25-15-19-9-11-26(12-10-19)16-20-7-5-6-8-22(20)24/h5-8,13-14,19,25H,4,9-12,15-16H2,1-3H3. The van der Waals surface area contributed by atoms with E-state index in [2.05, 4.69) is 43.8 Å². The molecule has 0 aromatic heterocycles. The number of nitrogens with one attached hydrogen (secondary N) is 1. The Hall–Kier alpha value is -1.41. The summed E-state index contributed by atoms with van der Waals surface area (Å²) in [5.41, 5.74) is 2.98. The molecule has 3 rings (SSSR count). The number of nitrogens with zero attached hydrogens (tertiary/aromatic N) is 1. The van der Waals surface area contributed by atoms with E-state index in [0.717, 1.165) is 53.8 Å². The van der Waals surface area contributed by atoms with E-state index in [9.17, 15) is 8.42 Å². The highest BCUT2D eigenvalue weighted by Crippen LogP contribution is 2.27. The first-order valence-electron chi connectivity index (χ1n) is 10.5. The number of piperidine rings is 1. The molecule has 1 aliphatic rings. The molecule has 30 heavy (non-hydrogen) atoms. The summed E-state index contributed by atoms with van der Waals surface area (Å²) in [6.07, 6.45) is 1.99. The molecular formula is C23H31BrN2O3S. The Morgan fingerprint density at radius 2 is 1.77 bits per heavy atom. The van der Waals surface area contributed by atoms with Crippen LogP contribution in [0.5, 0.6) is 5.75 Å². The molecule has 0 radical (unpaired) electrons. The molecule has 5 nitrogen and oxygen atoms in total. The fourth-order valence-corrected chi connectivity index (χ4v) is 5.66. The lowest BCUT2D eigenvalue weighted by Gasteiger charge is -2.32. The van der Waals surface area contributed by atoms with Gasteiger partial charge in [-0.3, -0.25) is 4.90 Å². The minimum absolute atomic E-state index is 0.312. The van der Waals surface area contributed by atoms with Gasteiger partial charge in [0.05, 0.1) is 11.5 Å². The van der Waals surface area contributed by atoms with E-state index < -0.39 is 10.0 Å². The zero-order valence-corrected chi connectivity index (χ0v) is 20.4. The molecule has 1 fully saturated rings. The van der Waals surface area contributed by atoms with Crippen molar-refractivity contribution in [1.29, 1.82) is 0 Å². The molecular weight excluding hydrogens is 464 g/mol. The number of hydrogen-bond acceptors (Lipinski definition) is 4. The molecule has 0 aliphatic carbocycles. The molecule has 7 heteroatoms. The van der Waals surface area contributed by atoms with E-state index in [0.29, 0.717) is 24.0 Å². The van der Waals surface area contributed by atoms with Gasteiger partial charge in [-0.05, 0) is 87.5 Å². The van der Waals surface area contributed by atoms with Crippen LogP contribution in [0.15, 0.2) is 45.8 Å². The van der Waals surface area contributed by atoms with E-state index >= 15 is 0 Å². The monoisotopic (exact) mass is 494 g/mol. The maximum atomic E-state index is 12.8. The summed E-state index contributed by atoms with van der Waals surface area (Å²) in [6, 6.07) is 11.7. The molecule has 0 bridgehead atoms. The molecule has 1 heterocycles. The SMILES string of the molecule is CCOc1c(C)cc(S(=O)(=O)NCC2CCN(Cc3ccccc3Br)CC2)cc1C. The van der Waals surface area contributed by atoms with Gasteiger partial charge in [0.2, 0.25) is 10.0 Å². The number of rotatable bonds is 8. The Morgan fingerprint density at radius 3 is 2.37 bits per heavy atom. The average molecular weight is 495 g/mol. The highest BCUT2D eigenvalue weighted by molar-refractivity contribution is 9.10. The maximum absolute atomic E-state index is 12.8. The predicted octanol–water partition coefficient (Wildman–Crippen LogP) is 4.66. The van der Waals surface area contributed by atoms with Crippen molar-refractivity contribution in [3.63, 3.8) is 0 Å². The normalized spacial score (nSPS) is 16.0. The summed E-state index contributed by atoms with van der Waals surface area (Å²) in [5, 5.41) is 0. The van der Waals surface area contributed by atoms with Crippen LogP contribution < -0.4 is 9.46 Å². The Balaban J connectivity index is 1.54. The Morgan fingerprint density at radius 1 is 1.13 bits per heavy atom. The first-order valence-corrected chi connectivity index (χ1v) is 12.8. The van der Waals surface area contributed by atoms with E-state index in [1.807, 2.05) is 26.8 Å². The van der Waals surface area contributed by atoms with Crippen molar-refractivity contribution in [2.45, 2.75) is 45.1 Å². The largest absolute Gasteiger partial charge is 0.493 e. The summed E-state index contributed by atoms with van der Waals surface area (Å²) in [6.45, 7) is 9.63. The van der Waals surface area contributed by atoms with Crippen LogP contribution in [0.2, 0.25) is 0 Å². The first-order chi connectivity index (χ1) is 14.3. The van der Waals surface area contributed by atoms with Gasteiger partial charge in [0, 0.05) is 17.6 Å². The van der Waals surface area contributed by atoms with Crippen LogP contribution in [0.25, 0.3) is 0 Å². The Bertz CT molecular complexity index is 947. The summed E-state index contributed by atoms with van der Waals surface area (Å²) >= 11 is 3.62. The molecule has 2 aromatic carbocycles. The quantitative estimate of drug-likeness (QED) is 0.579. The van der Waals surface area contributed by atoms with Crippen molar-refractivity contribution in [2.75, 3.05) is 26.2 Å². The second kappa shape index (κ2) is 10.3. The van der Waals surface area contributed by atoms with Crippen molar-refractivity contribution < 1.29 is 13.2 Å². The zero-order chi connectivity index (χ0) is 21.7. The van der Waals surface area contributed by atoms with E-state index in [1.54, 1.807) is 12.1 Å². The van der Waals surface area contributed by atoms with Gasteiger partial charge in [0.15, 0.2) is 0 Å². The Kier molecular flexibility index (Phi) is 7.96. The van der Waals surface area contributed by atoms with Crippen molar-refractivity contribution in [2.24, 2.45) is 5.92 Å². The van der Waals surface area contributed by atoms with Gasteiger partial charge in [-0.2, -0.15) is 0 Å². The van der Waals surface area contributed by atoms with Crippen LogP contribution in [0.4, 0.5) is 0 Å². The average Bonchev–Trinajstić information content (AvgIpc) is 2.72. The van der Waals surface area contributed by atoms with Gasteiger partial charge in [0.25, 0.3) is 0 Å². The summed E-state index contributed by atoms with van der Waals surface area (Å²) < 4.78 is 35.2. The lowest BCUT2D eigenvalue weighted by molar-refractivity contribution is 0.178. The highest BCUT2D eigenvalue weighted by Gasteiger charge is 2.23. The number of hydrogen-bond donors (Lipinski definition) is 1. The third-order valence-corrected chi connectivity index (χ3v) is 7.83. The molecule has 0 unspecified atom stereocenters. The van der Waals surface area contributed by atoms with Crippen molar-refractivity contribution >= 4 is 26.0 Å². The Labute approximate surface area is 189 Å². The van der Waals surface area contributed by atoms with Gasteiger partial charge >= 0.3 is 0 Å². The summed E-state index contributed by atoms with van der Waals surface area (Å²) in [4.78, 5) is 2.75. The molecule has 0 atom stereocenters. The maximum Gasteiger partial charge on any atom is 0.240 e. The van der Waals surface area contributed by atoms with Gasteiger partial charge in [0.1, 0.15) is 5.75 Å². The molecule has 1 saturated heterocycles. The van der Waals surface area contributed by atoms with Crippen LogP contribution in [-0.2, 0) is 16.6 Å². The zero-order valence-electron chi connectivity index (χ0n) is 17.9. The predicted molar refractivity (Wildman–Crippen MR) is 124 cm³/mol. The lowest BCUT2D eigenvalue weighted by Crippen LogP contribution is -2.38. The number of ether oxygens (including phenoxy) is 1. The van der Waals surface area contributed by atoms with Crippen LogP contribution in [0.3, 0.4) is 0 Å². The van der Waals surface area contributed by atoms with Crippen LogP contribution >= 0.6 is 15.9 Å². The molecule has 164 valence electrons. The number of sulfonamides is 1. The van der Waals surface area contributed by atoms with Crippen molar-refractivity contribution in [3.05, 3.63) is 57.6 Å². The van der Waals surface area contributed by atoms with Crippen LogP contribution in [-0.4, -0.2) is 39.6 Å². The molecule has 0 saturated carbocycles. The van der Waals surface area contributed by atoms with Gasteiger partial charge in [-0.15, -0.1) is 0 Å².